The fourth-order valence-electron chi connectivity index (χ4n) is 2.21. The summed E-state index contributed by atoms with van der Waals surface area (Å²) in [5.74, 6) is 0.267. The van der Waals surface area contributed by atoms with Crippen LogP contribution in [0.25, 0.3) is 0 Å². The Labute approximate surface area is 83.3 Å². The van der Waals surface area contributed by atoms with Crippen molar-refractivity contribution in [3.63, 3.8) is 0 Å². The average molecular weight is 209 g/mol. The molecule has 84 valence electrons. The highest BCUT2D eigenvalue weighted by Crippen LogP contribution is 2.34. The lowest BCUT2D eigenvalue weighted by Crippen LogP contribution is -2.48. The molecule has 1 heterocycles. The molecule has 0 saturated carbocycles. The number of hydrogen-bond donors (Lipinski definition) is 0. The zero-order valence-corrected chi connectivity index (χ0v) is 8.77. The first-order valence-electron chi connectivity index (χ1n) is 5.22. The van der Waals surface area contributed by atoms with Gasteiger partial charge in [0.05, 0.1) is 0 Å². The van der Waals surface area contributed by atoms with Gasteiger partial charge in [-0.15, -0.1) is 0 Å². The summed E-state index contributed by atoms with van der Waals surface area (Å²) in [5, 5.41) is 0. The molecule has 0 N–H and O–H groups in total. The van der Waals surface area contributed by atoms with E-state index in [9.17, 15) is 13.2 Å². The van der Waals surface area contributed by atoms with Crippen molar-refractivity contribution < 1.29 is 13.2 Å². The number of hydrogen-bond acceptors (Lipinski definition) is 1. The Bertz CT molecular complexity index is 179. The smallest absolute Gasteiger partial charge is 0.295 e. The van der Waals surface area contributed by atoms with Crippen LogP contribution >= 0.6 is 0 Å². The SMILES string of the molecule is CCCC1CCN(C)C(C(F)(F)F)C1. The maximum atomic E-state index is 12.6. The van der Waals surface area contributed by atoms with Crippen LogP contribution in [0.1, 0.15) is 32.6 Å². The van der Waals surface area contributed by atoms with E-state index >= 15 is 0 Å². The van der Waals surface area contributed by atoms with E-state index in [-0.39, 0.29) is 12.3 Å². The van der Waals surface area contributed by atoms with Gasteiger partial charge in [-0.05, 0) is 32.4 Å². The summed E-state index contributed by atoms with van der Waals surface area (Å²) in [7, 11) is 1.57. The van der Waals surface area contributed by atoms with Crippen molar-refractivity contribution in [1.29, 1.82) is 0 Å². The largest absolute Gasteiger partial charge is 0.404 e. The van der Waals surface area contributed by atoms with Gasteiger partial charge >= 0.3 is 6.18 Å². The van der Waals surface area contributed by atoms with Crippen molar-refractivity contribution in [3.05, 3.63) is 0 Å². The van der Waals surface area contributed by atoms with Gasteiger partial charge in [0.1, 0.15) is 6.04 Å². The number of nitrogens with zero attached hydrogens (tertiary/aromatic N) is 1. The van der Waals surface area contributed by atoms with Crippen LogP contribution in [-0.2, 0) is 0 Å². The normalized spacial score (nSPS) is 30.6. The Kier molecular flexibility index (Phi) is 3.81. The lowest BCUT2D eigenvalue weighted by atomic mass is 9.87. The summed E-state index contributed by atoms with van der Waals surface area (Å²) < 4.78 is 37.7. The van der Waals surface area contributed by atoms with E-state index in [1.165, 1.54) is 4.90 Å². The Morgan fingerprint density at radius 1 is 1.36 bits per heavy atom. The molecule has 0 bridgehead atoms. The van der Waals surface area contributed by atoms with Gasteiger partial charge in [-0.3, -0.25) is 4.90 Å². The molecule has 2 atom stereocenters. The Morgan fingerprint density at radius 2 is 2.00 bits per heavy atom. The fourth-order valence-corrected chi connectivity index (χ4v) is 2.21. The minimum absolute atomic E-state index is 0.267. The van der Waals surface area contributed by atoms with E-state index in [2.05, 4.69) is 0 Å². The molecule has 1 aliphatic rings. The summed E-state index contributed by atoms with van der Waals surface area (Å²) in [6.07, 6.45) is -0.939. The van der Waals surface area contributed by atoms with Gasteiger partial charge in [0.15, 0.2) is 0 Å². The number of piperidine rings is 1. The highest BCUT2D eigenvalue weighted by atomic mass is 19.4. The van der Waals surface area contributed by atoms with Gasteiger partial charge in [-0.1, -0.05) is 19.8 Å². The third-order valence-corrected chi connectivity index (χ3v) is 3.05. The molecule has 0 radical (unpaired) electrons. The van der Waals surface area contributed by atoms with Crippen LogP contribution in [0.4, 0.5) is 13.2 Å². The van der Waals surface area contributed by atoms with Crippen LogP contribution in [0.2, 0.25) is 0 Å². The molecule has 0 amide bonds. The van der Waals surface area contributed by atoms with Crippen molar-refractivity contribution in [2.45, 2.75) is 44.8 Å². The predicted octanol–water partition coefficient (Wildman–Crippen LogP) is 3.06. The van der Waals surface area contributed by atoms with Gasteiger partial charge in [0.2, 0.25) is 0 Å². The summed E-state index contributed by atoms with van der Waals surface area (Å²) in [4.78, 5) is 1.44. The molecule has 0 aromatic carbocycles. The number of halogens is 3. The molecule has 1 aliphatic heterocycles. The maximum Gasteiger partial charge on any atom is 0.404 e. The van der Waals surface area contributed by atoms with E-state index in [4.69, 9.17) is 0 Å². The van der Waals surface area contributed by atoms with Crippen molar-refractivity contribution >= 4 is 0 Å². The second-order valence-electron chi connectivity index (χ2n) is 4.22. The average Bonchev–Trinajstić information content (AvgIpc) is 2.07. The first-order valence-corrected chi connectivity index (χ1v) is 5.22. The van der Waals surface area contributed by atoms with E-state index < -0.39 is 12.2 Å². The molecule has 0 aromatic rings. The maximum absolute atomic E-state index is 12.6. The molecular weight excluding hydrogens is 191 g/mol. The molecule has 0 aliphatic carbocycles. The molecule has 1 nitrogen and oxygen atoms in total. The Balaban J connectivity index is 2.55. The molecule has 1 rings (SSSR count). The fraction of sp³-hybridized carbons (Fsp3) is 1.00. The minimum Gasteiger partial charge on any atom is -0.295 e. The lowest BCUT2D eigenvalue weighted by Gasteiger charge is -2.38. The van der Waals surface area contributed by atoms with Gasteiger partial charge < -0.3 is 0 Å². The van der Waals surface area contributed by atoms with Crippen molar-refractivity contribution in [1.82, 2.24) is 4.90 Å². The van der Waals surface area contributed by atoms with Crippen LogP contribution in [0, 0.1) is 5.92 Å². The van der Waals surface area contributed by atoms with Gasteiger partial charge in [-0.2, -0.15) is 13.2 Å². The standard InChI is InChI=1S/C10H18F3N/c1-3-4-8-5-6-14(2)9(7-8)10(11,12)13/h8-9H,3-7H2,1-2H3. The number of rotatable bonds is 2. The second kappa shape index (κ2) is 4.51. The van der Waals surface area contributed by atoms with Crippen LogP contribution in [0.3, 0.4) is 0 Å². The molecule has 2 unspecified atom stereocenters. The zero-order chi connectivity index (χ0) is 10.8. The lowest BCUT2D eigenvalue weighted by molar-refractivity contribution is -0.191. The topological polar surface area (TPSA) is 3.24 Å². The molecular formula is C10H18F3N. The molecule has 4 heteroatoms. The first kappa shape index (κ1) is 11.8. The summed E-state index contributed by atoms with van der Waals surface area (Å²) in [6.45, 7) is 2.61. The van der Waals surface area contributed by atoms with Crippen LogP contribution in [0.15, 0.2) is 0 Å². The van der Waals surface area contributed by atoms with E-state index in [0.29, 0.717) is 6.54 Å². The van der Waals surface area contributed by atoms with Crippen LogP contribution in [-0.4, -0.2) is 30.7 Å². The third kappa shape index (κ3) is 2.87. The van der Waals surface area contributed by atoms with E-state index in [1.807, 2.05) is 6.92 Å². The molecule has 0 aromatic heterocycles. The number of likely N-dealkylation sites (tertiary alicyclic amines) is 1. The third-order valence-electron chi connectivity index (χ3n) is 3.05. The molecule has 14 heavy (non-hydrogen) atoms. The summed E-state index contributed by atoms with van der Waals surface area (Å²) in [6, 6.07) is -1.22. The quantitative estimate of drug-likeness (QED) is 0.675. The Morgan fingerprint density at radius 3 is 2.50 bits per heavy atom. The zero-order valence-electron chi connectivity index (χ0n) is 8.77. The Hall–Kier alpha value is -0.250. The van der Waals surface area contributed by atoms with E-state index in [1.54, 1.807) is 7.05 Å². The number of alkyl halides is 3. The van der Waals surface area contributed by atoms with Crippen molar-refractivity contribution in [2.24, 2.45) is 5.92 Å². The molecule has 1 saturated heterocycles. The van der Waals surface area contributed by atoms with Crippen LogP contribution < -0.4 is 0 Å². The van der Waals surface area contributed by atoms with Crippen LogP contribution in [0.5, 0.6) is 0 Å². The summed E-state index contributed by atoms with van der Waals surface area (Å²) >= 11 is 0. The highest BCUT2D eigenvalue weighted by molar-refractivity contribution is 4.84. The van der Waals surface area contributed by atoms with E-state index in [0.717, 1.165) is 19.3 Å². The minimum atomic E-state index is -4.05. The van der Waals surface area contributed by atoms with Crippen molar-refractivity contribution in [3.8, 4) is 0 Å². The summed E-state index contributed by atoms with van der Waals surface area (Å²) in [5.41, 5.74) is 0. The molecule has 1 fully saturated rings. The van der Waals surface area contributed by atoms with Crippen molar-refractivity contribution in [2.75, 3.05) is 13.6 Å². The predicted molar refractivity (Wildman–Crippen MR) is 50.1 cm³/mol. The molecule has 0 spiro atoms. The monoisotopic (exact) mass is 209 g/mol. The first-order chi connectivity index (χ1) is 6.45. The second-order valence-corrected chi connectivity index (χ2v) is 4.22. The highest BCUT2D eigenvalue weighted by Gasteiger charge is 2.44. The van der Waals surface area contributed by atoms with Gasteiger partial charge in [0, 0.05) is 0 Å². The van der Waals surface area contributed by atoms with Gasteiger partial charge in [-0.25, -0.2) is 0 Å². The van der Waals surface area contributed by atoms with Gasteiger partial charge in [0.25, 0.3) is 0 Å².